The van der Waals surface area contributed by atoms with Crippen LogP contribution < -0.4 is 10.1 Å². The van der Waals surface area contributed by atoms with E-state index < -0.39 is 0 Å². The number of hydrogen-bond donors (Lipinski definition) is 1. The Kier molecular flexibility index (Phi) is 6.25. The zero-order valence-electron chi connectivity index (χ0n) is 16.3. The molecule has 4 rings (SSSR count). The first-order valence-electron chi connectivity index (χ1n) is 9.72. The molecule has 0 saturated carbocycles. The van der Waals surface area contributed by atoms with Crippen LogP contribution in [0.15, 0.2) is 73.1 Å². The largest absolute Gasteiger partial charge is 0.492 e. The SMILES string of the molecule is O=C(NCc1nc2ccccc2n1CCCOc1ccccc1Cl)c1cccnc1. The van der Waals surface area contributed by atoms with Crippen LogP contribution in [0.5, 0.6) is 5.75 Å². The van der Waals surface area contributed by atoms with Crippen molar-refractivity contribution in [1.29, 1.82) is 0 Å². The van der Waals surface area contributed by atoms with Crippen molar-refractivity contribution in [1.82, 2.24) is 19.9 Å². The number of para-hydroxylation sites is 3. The van der Waals surface area contributed by atoms with Crippen LogP contribution >= 0.6 is 11.6 Å². The van der Waals surface area contributed by atoms with Crippen LogP contribution in [-0.2, 0) is 13.1 Å². The fourth-order valence-electron chi connectivity index (χ4n) is 3.23. The Balaban J connectivity index is 1.43. The van der Waals surface area contributed by atoms with E-state index in [1.54, 1.807) is 24.5 Å². The highest BCUT2D eigenvalue weighted by Gasteiger charge is 2.12. The normalized spacial score (nSPS) is 10.8. The molecular weight excluding hydrogens is 400 g/mol. The zero-order chi connectivity index (χ0) is 20.8. The first-order chi connectivity index (χ1) is 14.7. The van der Waals surface area contributed by atoms with Crippen molar-refractivity contribution in [3.05, 3.63) is 89.5 Å². The van der Waals surface area contributed by atoms with Crippen LogP contribution in [0.25, 0.3) is 11.0 Å². The molecular formula is C23H21ClN4O2. The quantitative estimate of drug-likeness (QED) is 0.426. The lowest BCUT2D eigenvalue weighted by Crippen LogP contribution is -2.25. The van der Waals surface area contributed by atoms with E-state index >= 15 is 0 Å². The Morgan fingerprint density at radius 3 is 2.73 bits per heavy atom. The van der Waals surface area contributed by atoms with Crippen molar-refractivity contribution in [3.8, 4) is 5.75 Å². The molecule has 30 heavy (non-hydrogen) atoms. The van der Waals surface area contributed by atoms with Crippen molar-refractivity contribution in [2.75, 3.05) is 6.61 Å². The average Bonchev–Trinajstić information content (AvgIpc) is 3.14. The van der Waals surface area contributed by atoms with E-state index in [4.69, 9.17) is 21.3 Å². The van der Waals surface area contributed by atoms with Crippen molar-refractivity contribution in [3.63, 3.8) is 0 Å². The molecule has 0 aliphatic heterocycles. The third-order valence-electron chi connectivity index (χ3n) is 4.68. The maximum Gasteiger partial charge on any atom is 0.253 e. The molecule has 0 bridgehead atoms. The molecule has 1 amide bonds. The van der Waals surface area contributed by atoms with Crippen molar-refractivity contribution in [2.24, 2.45) is 0 Å². The summed E-state index contributed by atoms with van der Waals surface area (Å²) < 4.78 is 7.92. The molecule has 0 saturated heterocycles. The van der Waals surface area contributed by atoms with Gasteiger partial charge in [0.05, 0.1) is 34.8 Å². The standard InChI is InChI=1S/C23H21ClN4O2/c24-18-8-1-4-11-21(18)30-14-6-13-28-20-10-3-2-9-19(20)27-22(28)16-26-23(29)17-7-5-12-25-15-17/h1-5,7-12,15H,6,13-14,16H2,(H,26,29). The molecule has 4 aromatic rings. The topological polar surface area (TPSA) is 69.0 Å². The minimum absolute atomic E-state index is 0.177. The summed E-state index contributed by atoms with van der Waals surface area (Å²) in [6.07, 6.45) is 3.96. The van der Waals surface area contributed by atoms with Gasteiger partial charge >= 0.3 is 0 Å². The van der Waals surface area contributed by atoms with Crippen LogP contribution in [0.2, 0.25) is 5.02 Å². The number of rotatable bonds is 8. The number of benzene rings is 2. The highest BCUT2D eigenvalue weighted by atomic mass is 35.5. The molecule has 6 nitrogen and oxygen atoms in total. The number of amides is 1. The summed E-state index contributed by atoms with van der Waals surface area (Å²) in [6.45, 7) is 1.56. The van der Waals surface area contributed by atoms with Gasteiger partial charge in [-0.15, -0.1) is 0 Å². The van der Waals surface area contributed by atoms with Gasteiger partial charge in [0.25, 0.3) is 5.91 Å². The molecule has 2 heterocycles. The van der Waals surface area contributed by atoms with Crippen molar-refractivity contribution in [2.45, 2.75) is 19.5 Å². The summed E-state index contributed by atoms with van der Waals surface area (Å²) in [6, 6.07) is 18.9. The number of hydrogen-bond acceptors (Lipinski definition) is 4. The molecule has 0 radical (unpaired) electrons. The number of ether oxygens (including phenoxy) is 1. The summed E-state index contributed by atoms with van der Waals surface area (Å²) in [7, 11) is 0. The minimum Gasteiger partial charge on any atom is -0.492 e. The second-order valence-corrected chi connectivity index (χ2v) is 7.13. The van der Waals surface area contributed by atoms with Gasteiger partial charge in [-0.3, -0.25) is 9.78 Å². The maximum absolute atomic E-state index is 12.4. The zero-order valence-corrected chi connectivity index (χ0v) is 17.0. The molecule has 0 spiro atoms. The molecule has 7 heteroatoms. The molecule has 2 aromatic carbocycles. The number of imidazole rings is 1. The predicted molar refractivity (Wildman–Crippen MR) is 117 cm³/mol. The summed E-state index contributed by atoms with van der Waals surface area (Å²) >= 11 is 6.14. The van der Waals surface area contributed by atoms with E-state index in [9.17, 15) is 4.79 Å². The lowest BCUT2D eigenvalue weighted by molar-refractivity contribution is 0.0949. The van der Waals surface area contributed by atoms with Crippen LogP contribution in [0, 0.1) is 0 Å². The van der Waals surface area contributed by atoms with Gasteiger partial charge in [0.1, 0.15) is 11.6 Å². The van der Waals surface area contributed by atoms with Gasteiger partial charge in [0.15, 0.2) is 0 Å². The van der Waals surface area contributed by atoms with Crippen LogP contribution in [0.4, 0.5) is 0 Å². The Bertz CT molecular complexity index is 1140. The smallest absolute Gasteiger partial charge is 0.253 e. The molecule has 0 unspecified atom stereocenters. The van der Waals surface area contributed by atoms with E-state index in [-0.39, 0.29) is 5.91 Å². The van der Waals surface area contributed by atoms with E-state index in [0.717, 1.165) is 23.3 Å². The number of nitrogens with zero attached hydrogens (tertiary/aromatic N) is 3. The van der Waals surface area contributed by atoms with Gasteiger partial charge in [-0.1, -0.05) is 35.9 Å². The van der Waals surface area contributed by atoms with Gasteiger partial charge < -0.3 is 14.6 Å². The fourth-order valence-corrected chi connectivity index (χ4v) is 3.43. The highest BCUT2D eigenvalue weighted by molar-refractivity contribution is 6.32. The van der Waals surface area contributed by atoms with E-state index in [2.05, 4.69) is 14.9 Å². The number of fused-ring (bicyclic) bond motifs is 1. The third kappa shape index (κ3) is 4.60. The van der Waals surface area contributed by atoms with Gasteiger partial charge in [0, 0.05) is 18.9 Å². The summed E-state index contributed by atoms with van der Waals surface area (Å²) in [5.74, 6) is 1.30. The van der Waals surface area contributed by atoms with Crippen LogP contribution in [0.1, 0.15) is 22.6 Å². The Morgan fingerprint density at radius 2 is 1.90 bits per heavy atom. The molecule has 1 N–H and O–H groups in total. The van der Waals surface area contributed by atoms with Gasteiger partial charge in [-0.2, -0.15) is 0 Å². The Hall–Kier alpha value is -3.38. The molecule has 0 atom stereocenters. The third-order valence-corrected chi connectivity index (χ3v) is 5.00. The molecule has 152 valence electrons. The maximum atomic E-state index is 12.4. The average molecular weight is 421 g/mol. The summed E-state index contributed by atoms with van der Waals surface area (Å²) in [5, 5.41) is 3.53. The number of aryl methyl sites for hydroxylation is 1. The van der Waals surface area contributed by atoms with Crippen molar-refractivity contribution < 1.29 is 9.53 Å². The van der Waals surface area contributed by atoms with E-state index in [1.807, 2.05) is 48.5 Å². The van der Waals surface area contributed by atoms with Gasteiger partial charge in [-0.05, 0) is 42.8 Å². The van der Waals surface area contributed by atoms with Crippen LogP contribution in [-0.4, -0.2) is 27.0 Å². The van der Waals surface area contributed by atoms with E-state index in [1.165, 1.54) is 0 Å². The second-order valence-electron chi connectivity index (χ2n) is 6.73. The first-order valence-corrected chi connectivity index (χ1v) is 10.1. The lowest BCUT2D eigenvalue weighted by atomic mass is 10.3. The molecule has 2 aromatic heterocycles. The number of carbonyl (C=O) groups excluding carboxylic acids is 1. The number of nitrogens with one attached hydrogen (secondary N) is 1. The van der Waals surface area contributed by atoms with Gasteiger partial charge in [-0.25, -0.2) is 4.98 Å². The first kappa shape index (κ1) is 19.9. The highest BCUT2D eigenvalue weighted by Crippen LogP contribution is 2.23. The molecule has 0 aliphatic rings. The summed E-state index contributed by atoms with van der Waals surface area (Å²) in [5.41, 5.74) is 2.45. The Morgan fingerprint density at radius 1 is 1.07 bits per heavy atom. The summed E-state index contributed by atoms with van der Waals surface area (Å²) in [4.78, 5) is 21.1. The Labute approximate surface area is 179 Å². The van der Waals surface area contributed by atoms with E-state index in [0.29, 0.717) is 36.0 Å². The fraction of sp³-hybridized carbons (Fsp3) is 0.174. The number of carbonyl (C=O) groups is 1. The lowest BCUT2D eigenvalue weighted by Gasteiger charge is -2.12. The number of halogens is 1. The predicted octanol–water partition coefficient (Wildman–Crippen LogP) is 4.48. The van der Waals surface area contributed by atoms with Gasteiger partial charge in [0.2, 0.25) is 0 Å². The number of aromatic nitrogens is 3. The van der Waals surface area contributed by atoms with Crippen LogP contribution in [0.3, 0.4) is 0 Å². The van der Waals surface area contributed by atoms with Crippen molar-refractivity contribution >= 4 is 28.5 Å². The second kappa shape index (κ2) is 9.41. The minimum atomic E-state index is -0.177. The molecule has 0 fully saturated rings. The monoisotopic (exact) mass is 420 g/mol. The number of pyridine rings is 1. The molecule has 0 aliphatic carbocycles.